The van der Waals surface area contributed by atoms with Gasteiger partial charge < -0.3 is 14.6 Å². The molecule has 7 heteroatoms. The number of unbranched alkanes of at least 4 members (excludes halogenated alkanes) is 1. The smallest absolute Gasteiger partial charge is 0.247 e. The maximum Gasteiger partial charge on any atom is 0.247 e. The molecule has 3 aromatic rings. The van der Waals surface area contributed by atoms with E-state index in [0.29, 0.717) is 18.1 Å². The molecule has 1 saturated heterocycles. The zero-order chi connectivity index (χ0) is 20.9. The molecule has 4 rings (SSSR count). The number of anilines is 2. The number of carbonyl (C=O) groups excluding carboxylic acids is 2. The van der Waals surface area contributed by atoms with Gasteiger partial charge in [-0.05, 0) is 48.7 Å². The summed E-state index contributed by atoms with van der Waals surface area (Å²) in [6.07, 6.45) is 4.81. The minimum Gasteiger partial charge on any atom is -0.423 e. The van der Waals surface area contributed by atoms with Gasteiger partial charge in [-0.15, -0.1) is 10.2 Å². The second-order valence-corrected chi connectivity index (χ2v) is 7.49. The van der Waals surface area contributed by atoms with E-state index in [1.807, 2.05) is 18.2 Å². The molecule has 1 N–H and O–H groups in total. The van der Waals surface area contributed by atoms with E-state index >= 15 is 0 Å². The number of benzene rings is 2. The third-order valence-electron chi connectivity index (χ3n) is 5.30. The molecule has 0 spiro atoms. The molecule has 1 aliphatic rings. The molecule has 154 valence electrons. The molecule has 0 unspecified atom stereocenters. The first-order valence-corrected chi connectivity index (χ1v) is 10.2. The summed E-state index contributed by atoms with van der Waals surface area (Å²) in [4.78, 5) is 27.0. The molecule has 1 fully saturated rings. The van der Waals surface area contributed by atoms with Gasteiger partial charge in [-0.25, -0.2) is 0 Å². The zero-order valence-corrected chi connectivity index (χ0v) is 16.9. The Morgan fingerprint density at radius 2 is 2.07 bits per heavy atom. The number of carbonyl (C=O) groups is 2. The average Bonchev–Trinajstić information content (AvgIpc) is 3.43. The molecule has 0 saturated carbocycles. The van der Waals surface area contributed by atoms with Gasteiger partial charge in [0.15, 0.2) is 0 Å². The van der Waals surface area contributed by atoms with Crippen molar-refractivity contribution in [2.45, 2.75) is 32.6 Å². The Balaban J connectivity index is 1.40. The van der Waals surface area contributed by atoms with E-state index in [1.165, 1.54) is 12.0 Å². The van der Waals surface area contributed by atoms with Crippen LogP contribution in [0.25, 0.3) is 11.5 Å². The molecular weight excluding hydrogens is 380 g/mol. The number of hydrogen-bond donors (Lipinski definition) is 1. The summed E-state index contributed by atoms with van der Waals surface area (Å²) in [5.74, 6) is -0.218. The van der Waals surface area contributed by atoms with Crippen molar-refractivity contribution in [3.05, 3.63) is 60.5 Å². The van der Waals surface area contributed by atoms with Crippen molar-refractivity contribution in [3.8, 4) is 11.5 Å². The highest BCUT2D eigenvalue weighted by Crippen LogP contribution is 2.27. The van der Waals surface area contributed by atoms with Gasteiger partial charge in [-0.1, -0.05) is 31.5 Å². The van der Waals surface area contributed by atoms with Crippen LogP contribution < -0.4 is 10.2 Å². The molecule has 30 heavy (non-hydrogen) atoms. The number of hydrogen-bond acceptors (Lipinski definition) is 5. The number of aryl methyl sites for hydroxylation is 1. The molecule has 1 aliphatic heterocycles. The summed E-state index contributed by atoms with van der Waals surface area (Å²) in [5, 5.41) is 10.5. The lowest BCUT2D eigenvalue weighted by atomic mass is 10.1. The van der Waals surface area contributed by atoms with Gasteiger partial charge in [-0.3, -0.25) is 9.59 Å². The van der Waals surface area contributed by atoms with E-state index in [1.54, 1.807) is 23.1 Å². The predicted molar refractivity (Wildman–Crippen MR) is 114 cm³/mol. The Morgan fingerprint density at radius 1 is 1.23 bits per heavy atom. The fourth-order valence-electron chi connectivity index (χ4n) is 3.63. The molecule has 0 radical (unpaired) electrons. The van der Waals surface area contributed by atoms with Gasteiger partial charge in [0.25, 0.3) is 0 Å². The Labute approximate surface area is 175 Å². The van der Waals surface area contributed by atoms with E-state index < -0.39 is 5.92 Å². The fourth-order valence-corrected chi connectivity index (χ4v) is 3.63. The van der Waals surface area contributed by atoms with Crippen LogP contribution in [-0.2, 0) is 16.0 Å². The standard InChI is InChI=1S/C23H24N4O3/c1-2-3-5-16-8-10-20(11-9-16)27-14-18(13-21(27)28)22(29)25-19-7-4-6-17(12-19)23-26-24-15-30-23/h4,6-12,15,18H,2-3,5,13-14H2,1H3,(H,25,29)/t18-/m0/s1. The lowest BCUT2D eigenvalue weighted by molar-refractivity contribution is -0.122. The third kappa shape index (κ3) is 4.40. The third-order valence-corrected chi connectivity index (χ3v) is 5.30. The number of rotatable bonds is 7. The summed E-state index contributed by atoms with van der Waals surface area (Å²) in [7, 11) is 0. The molecule has 2 heterocycles. The van der Waals surface area contributed by atoms with Crippen LogP contribution in [0.2, 0.25) is 0 Å². The average molecular weight is 404 g/mol. The van der Waals surface area contributed by atoms with E-state index in [2.05, 4.69) is 34.6 Å². The Hall–Kier alpha value is -3.48. The largest absolute Gasteiger partial charge is 0.423 e. The van der Waals surface area contributed by atoms with E-state index in [9.17, 15) is 9.59 Å². The molecule has 0 aliphatic carbocycles. The number of aromatic nitrogens is 2. The van der Waals surface area contributed by atoms with Crippen molar-refractivity contribution in [3.63, 3.8) is 0 Å². The van der Waals surface area contributed by atoms with Crippen molar-refractivity contribution in [1.29, 1.82) is 0 Å². The Kier molecular flexibility index (Phi) is 5.88. The van der Waals surface area contributed by atoms with E-state index in [-0.39, 0.29) is 18.2 Å². The van der Waals surface area contributed by atoms with Crippen LogP contribution in [-0.4, -0.2) is 28.6 Å². The maximum absolute atomic E-state index is 12.8. The van der Waals surface area contributed by atoms with Gasteiger partial charge in [0.05, 0.1) is 5.92 Å². The highest BCUT2D eigenvalue weighted by molar-refractivity contribution is 6.03. The number of amides is 2. The molecular formula is C23H24N4O3. The number of nitrogens with zero attached hydrogens (tertiary/aromatic N) is 3. The molecule has 2 aromatic carbocycles. The van der Waals surface area contributed by atoms with Gasteiger partial charge in [0, 0.05) is 29.9 Å². The maximum atomic E-state index is 12.8. The van der Waals surface area contributed by atoms with Crippen LogP contribution in [0.1, 0.15) is 31.7 Å². The van der Waals surface area contributed by atoms with Crippen molar-refractivity contribution in [2.75, 3.05) is 16.8 Å². The summed E-state index contributed by atoms with van der Waals surface area (Å²) in [6, 6.07) is 15.3. The molecule has 1 atom stereocenters. The quantitative estimate of drug-likeness (QED) is 0.641. The van der Waals surface area contributed by atoms with Gasteiger partial charge in [0.1, 0.15) is 0 Å². The van der Waals surface area contributed by atoms with E-state index in [0.717, 1.165) is 30.5 Å². The van der Waals surface area contributed by atoms with Crippen LogP contribution in [0.3, 0.4) is 0 Å². The van der Waals surface area contributed by atoms with Crippen LogP contribution in [0.5, 0.6) is 0 Å². The summed E-state index contributed by atoms with van der Waals surface area (Å²) in [5.41, 5.74) is 3.45. The molecule has 7 nitrogen and oxygen atoms in total. The Bertz CT molecular complexity index is 1020. The summed E-state index contributed by atoms with van der Waals surface area (Å²) >= 11 is 0. The van der Waals surface area contributed by atoms with Crippen LogP contribution in [0.4, 0.5) is 11.4 Å². The second-order valence-electron chi connectivity index (χ2n) is 7.49. The minimum absolute atomic E-state index is 0.0314. The topological polar surface area (TPSA) is 88.3 Å². The fraction of sp³-hybridized carbons (Fsp3) is 0.304. The van der Waals surface area contributed by atoms with Crippen molar-refractivity contribution < 1.29 is 14.0 Å². The first-order valence-electron chi connectivity index (χ1n) is 10.2. The zero-order valence-electron chi connectivity index (χ0n) is 16.9. The summed E-state index contributed by atoms with van der Waals surface area (Å²) in [6.45, 7) is 2.55. The minimum atomic E-state index is -0.399. The van der Waals surface area contributed by atoms with Crippen LogP contribution in [0.15, 0.2) is 59.3 Å². The monoisotopic (exact) mass is 404 g/mol. The molecule has 2 amide bonds. The Morgan fingerprint density at radius 3 is 2.80 bits per heavy atom. The van der Waals surface area contributed by atoms with Crippen molar-refractivity contribution in [1.82, 2.24) is 10.2 Å². The SMILES string of the molecule is CCCCc1ccc(N2C[C@@H](C(=O)Nc3cccc(-c4nnco4)c3)CC2=O)cc1. The van der Waals surface area contributed by atoms with Crippen LogP contribution >= 0.6 is 0 Å². The van der Waals surface area contributed by atoms with E-state index in [4.69, 9.17) is 4.42 Å². The molecule has 0 bridgehead atoms. The molecule has 1 aromatic heterocycles. The van der Waals surface area contributed by atoms with Gasteiger partial charge >= 0.3 is 0 Å². The van der Waals surface area contributed by atoms with Crippen molar-refractivity contribution >= 4 is 23.2 Å². The predicted octanol–water partition coefficient (Wildman–Crippen LogP) is 4.07. The highest BCUT2D eigenvalue weighted by Gasteiger charge is 2.35. The van der Waals surface area contributed by atoms with Crippen molar-refractivity contribution in [2.24, 2.45) is 5.92 Å². The lowest BCUT2D eigenvalue weighted by Gasteiger charge is -2.17. The highest BCUT2D eigenvalue weighted by atomic mass is 16.4. The second kappa shape index (κ2) is 8.90. The first-order chi connectivity index (χ1) is 14.6. The van der Waals surface area contributed by atoms with Gasteiger partial charge in [-0.2, -0.15) is 0 Å². The van der Waals surface area contributed by atoms with Gasteiger partial charge in [0.2, 0.25) is 24.1 Å². The van der Waals surface area contributed by atoms with Crippen LogP contribution in [0, 0.1) is 5.92 Å². The first kappa shape index (κ1) is 19.8. The normalized spacial score (nSPS) is 16.1. The lowest BCUT2D eigenvalue weighted by Crippen LogP contribution is -2.28. The number of nitrogens with one attached hydrogen (secondary N) is 1. The summed E-state index contributed by atoms with van der Waals surface area (Å²) < 4.78 is 5.20.